The molecule has 2 atom stereocenters. The lowest BCUT2D eigenvalue weighted by atomic mass is 9.79. The quantitative estimate of drug-likeness (QED) is 0.812. The standard InChI is InChI=1S/C20H20N4O/c1-2-17(25)24-10-6-9-15(12-24)18-19(14-7-4-3-5-8-14)23-16-11-21-13-22-20(16)18/h2-5,7-8,11,13,15,18H,1,6,9-10,12H2. The van der Waals surface area contributed by atoms with Crippen LogP contribution in [0.5, 0.6) is 0 Å². The SMILES string of the molecule is C=CC(=O)N1CCCC(C2C(c3ccccc3)=Nc3cncnc32)C1. The van der Waals surface area contributed by atoms with E-state index in [2.05, 4.69) is 28.7 Å². The summed E-state index contributed by atoms with van der Waals surface area (Å²) in [5.41, 5.74) is 3.97. The number of rotatable bonds is 3. The van der Waals surface area contributed by atoms with Crippen molar-refractivity contribution < 1.29 is 4.79 Å². The van der Waals surface area contributed by atoms with Gasteiger partial charge in [0.2, 0.25) is 5.91 Å². The van der Waals surface area contributed by atoms with Crippen LogP contribution in [-0.2, 0) is 4.79 Å². The summed E-state index contributed by atoms with van der Waals surface area (Å²) in [5.74, 6) is 0.400. The summed E-state index contributed by atoms with van der Waals surface area (Å²) in [7, 11) is 0. The monoisotopic (exact) mass is 332 g/mol. The molecule has 126 valence electrons. The number of piperidine rings is 1. The maximum absolute atomic E-state index is 12.1. The molecule has 1 aromatic carbocycles. The Morgan fingerprint density at radius 2 is 2.12 bits per heavy atom. The van der Waals surface area contributed by atoms with Gasteiger partial charge in [-0.1, -0.05) is 36.9 Å². The smallest absolute Gasteiger partial charge is 0.245 e. The van der Waals surface area contributed by atoms with Crippen LogP contribution in [-0.4, -0.2) is 39.6 Å². The van der Waals surface area contributed by atoms with Gasteiger partial charge in [0, 0.05) is 13.1 Å². The van der Waals surface area contributed by atoms with Crippen LogP contribution in [0.4, 0.5) is 5.69 Å². The van der Waals surface area contributed by atoms with E-state index in [0.29, 0.717) is 12.5 Å². The first kappa shape index (κ1) is 15.7. The Kier molecular flexibility index (Phi) is 4.14. The molecule has 0 aliphatic carbocycles. The van der Waals surface area contributed by atoms with Crippen LogP contribution in [0, 0.1) is 5.92 Å². The third-order valence-corrected chi connectivity index (χ3v) is 5.04. The van der Waals surface area contributed by atoms with E-state index in [4.69, 9.17) is 4.99 Å². The fraction of sp³-hybridized carbons (Fsp3) is 0.300. The summed E-state index contributed by atoms with van der Waals surface area (Å²) in [6, 6.07) is 10.2. The zero-order valence-electron chi connectivity index (χ0n) is 14.0. The van der Waals surface area contributed by atoms with E-state index in [-0.39, 0.29) is 11.8 Å². The second-order valence-corrected chi connectivity index (χ2v) is 6.52. The van der Waals surface area contributed by atoms with Crippen LogP contribution in [0.15, 0.2) is 60.5 Å². The third kappa shape index (κ3) is 2.86. The molecule has 25 heavy (non-hydrogen) atoms. The van der Waals surface area contributed by atoms with Gasteiger partial charge in [-0.25, -0.2) is 15.0 Å². The molecule has 3 heterocycles. The highest BCUT2D eigenvalue weighted by atomic mass is 16.2. The molecule has 1 amide bonds. The second-order valence-electron chi connectivity index (χ2n) is 6.52. The Hall–Kier alpha value is -2.82. The summed E-state index contributed by atoms with van der Waals surface area (Å²) in [4.78, 5) is 27.5. The first-order chi connectivity index (χ1) is 12.3. The minimum atomic E-state index is 0.00353. The van der Waals surface area contributed by atoms with Gasteiger partial charge in [-0.3, -0.25) is 4.79 Å². The Labute approximate surface area is 147 Å². The Morgan fingerprint density at radius 1 is 1.28 bits per heavy atom. The van der Waals surface area contributed by atoms with Crippen molar-refractivity contribution in [2.24, 2.45) is 10.9 Å². The second kappa shape index (κ2) is 6.59. The third-order valence-electron chi connectivity index (χ3n) is 5.04. The molecule has 1 saturated heterocycles. The fourth-order valence-electron chi connectivity index (χ4n) is 3.90. The fourth-order valence-corrected chi connectivity index (χ4v) is 3.90. The first-order valence-electron chi connectivity index (χ1n) is 8.63. The topological polar surface area (TPSA) is 58.5 Å². The molecule has 0 saturated carbocycles. The van der Waals surface area contributed by atoms with Crippen molar-refractivity contribution in [2.45, 2.75) is 18.8 Å². The van der Waals surface area contributed by atoms with E-state index in [1.54, 1.807) is 12.5 Å². The molecule has 1 aromatic heterocycles. The van der Waals surface area contributed by atoms with E-state index in [1.807, 2.05) is 23.1 Å². The van der Waals surface area contributed by atoms with Gasteiger partial charge in [-0.15, -0.1) is 0 Å². The Bertz CT molecular complexity index is 831. The number of fused-ring (bicyclic) bond motifs is 1. The lowest BCUT2D eigenvalue weighted by molar-refractivity contribution is -0.127. The molecular formula is C20H20N4O. The van der Waals surface area contributed by atoms with E-state index in [1.165, 1.54) is 6.08 Å². The first-order valence-corrected chi connectivity index (χ1v) is 8.63. The van der Waals surface area contributed by atoms with Gasteiger partial charge in [-0.05, 0) is 30.4 Å². The number of carbonyl (C=O) groups excluding carboxylic acids is 1. The number of likely N-dealkylation sites (tertiary alicyclic amines) is 1. The summed E-state index contributed by atoms with van der Waals surface area (Å²) < 4.78 is 0. The maximum atomic E-state index is 12.1. The molecule has 2 unspecified atom stereocenters. The summed E-state index contributed by atoms with van der Waals surface area (Å²) in [5, 5.41) is 0. The molecular weight excluding hydrogens is 312 g/mol. The Morgan fingerprint density at radius 3 is 2.92 bits per heavy atom. The minimum absolute atomic E-state index is 0.00353. The number of aromatic nitrogens is 2. The highest BCUT2D eigenvalue weighted by Crippen LogP contribution is 2.42. The van der Waals surface area contributed by atoms with Gasteiger partial charge in [0.25, 0.3) is 0 Å². The van der Waals surface area contributed by atoms with Crippen molar-refractivity contribution in [3.63, 3.8) is 0 Å². The minimum Gasteiger partial charge on any atom is -0.339 e. The van der Waals surface area contributed by atoms with E-state index < -0.39 is 0 Å². The van der Waals surface area contributed by atoms with E-state index in [0.717, 1.165) is 42.0 Å². The summed E-state index contributed by atoms with van der Waals surface area (Å²) in [6.45, 7) is 5.13. The molecule has 2 aliphatic heterocycles. The number of aliphatic imine (C=N–C) groups is 1. The number of carbonyl (C=O) groups is 1. The Balaban J connectivity index is 1.71. The maximum Gasteiger partial charge on any atom is 0.245 e. The number of hydrogen-bond acceptors (Lipinski definition) is 4. The van der Waals surface area contributed by atoms with Gasteiger partial charge in [0.15, 0.2) is 0 Å². The summed E-state index contributed by atoms with van der Waals surface area (Å²) >= 11 is 0. The molecule has 4 rings (SSSR count). The van der Waals surface area contributed by atoms with Crippen LogP contribution in [0.3, 0.4) is 0 Å². The molecule has 0 N–H and O–H groups in total. The van der Waals surface area contributed by atoms with Crippen molar-refractivity contribution in [3.05, 3.63) is 66.8 Å². The van der Waals surface area contributed by atoms with Crippen LogP contribution >= 0.6 is 0 Å². The van der Waals surface area contributed by atoms with Gasteiger partial charge < -0.3 is 4.90 Å². The largest absolute Gasteiger partial charge is 0.339 e. The van der Waals surface area contributed by atoms with Crippen molar-refractivity contribution in [2.75, 3.05) is 13.1 Å². The molecule has 0 bridgehead atoms. The van der Waals surface area contributed by atoms with Crippen molar-refractivity contribution >= 4 is 17.3 Å². The molecule has 1 fully saturated rings. The lowest BCUT2D eigenvalue weighted by Gasteiger charge is -2.35. The van der Waals surface area contributed by atoms with Crippen LogP contribution in [0.1, 0.15) is 30.0 Å². The van der Waals surface area contributed by atoms with Crippen LogP contribution in [0.25, 0.3) is 0 Å². The highest BCUT2D eigenvalue weighted by Gasteiger charge is 2.38. The highest BCUT2D eigenvalue weighted by molar-refractivity contribution is 6.09. The molecule has 2 aromatic rings. The van der Waals surface area contributed by atoms with Gasteiger partial charge >= 0.3 is 0 Å². The molecule has 0 radical (unpaired) electrons. The number of benzene rings is 1. The van der Waals surface area contributed by atoms with Crippen LogP contribution in [0.2, 0.25) is 0 Å². The lowest BCUT2D eigenvalue weighted by Crippen LogP contribution is -2.42. The van der Waals surface area contributed by atoms with Crippen molar-refractivity contribution in [1.29, 1.82) is 0 Å². The van der Waals surface area contributed by atoms with Crippen LogP contribution < -0.4 is 0 Å². The molecule has 5 heteroatoms. The number of amides is 1. The number of nitrogens with zero attached hydrogens (tertiary/aromatic N) is 4. The average molecular weight is 332 g/mol. The zero-order chi connectivity index (χ0) is 17.2. The molecule has 2 aliphatic rings. The van der Waals surface area contributed by atoms with Crippen molar-refractivity contribution in [1.82, 2.24) is 14.9 Å². The molecule has 5 nitrogen and oxygen atoms in total. The predicted octanol–water partition coefficient (Wildman–Crippen LogP) is 3.12. The van der Waals surface area contributed by atoms with Gasteiger partial charge in [-0.2, -0.15) is 0 Å². The van der Waals surface area contributed by atoms with Gasteiger partial charge in [0.05, 0.1) is 23.5 Å². The molecule has 0 spiro atoms. The van der Waals surface area contributed by atoms with Gasteiger partial charge in [0.1, 0.15) is 12.0 Å². The predicted molar refractivity (Wildman–Crippen MR) is 96.9 cm³/mol. The summed E-state index contributed by atoms with van der Waals surface area (Å²) in [6.07, 6.45) is 6.81. The normalized spacial score (nSPS) is 22.2. The van der Waals surface area contributed by atoms with E-state index in [9.17, 15) is 4.79 Å². The van der Waals surface area contributed by atoms with Crippen molar-refractivity contribution in [3.8, 4) is 0 Å². The average Bonchev–Trinajstić information content (AvgIpc) is 3.07. The number of hydrogen-bond donors (Lipinski definition) is 0. The zero-order valence-corrected chi connectivity index (χ0v) is 14.0. The van der Waals surface area contributed by atoms with E-state index >= 15 is 0 Å².